The average molecular weight is 408 g/mol. The lowest BCUT2D eigenvalue weighted by Crippen LogP contribution is -2.32. The van der Waals surface area contributed by atoms with Crippen LogP contribution in [0.15, 0.2) is 53.4 Å². The molecule has 2 atom stereocenters. The van der Waals surface area contributed by atoms with E-state index in [4.69, 9.17) is 28.9 Å². The van der Waals surface area contributed by atoms with Gasteiger partial charge in [0.05, 0.1) is 4.90 Å². The first-order valence-corrected chi connectivity index (χ1v) is 9.34. The molecule has 3 rings (SSSR count). The lowest BCUT2D eigenvalue weighted by Gasteiger charge is -2.17. The number of halogens is 3. The second kappa shape index (κ2) is 7.60. The fraction of sp³-hybridized carbons (Fsp3) is 0.250. The highest BCUT2D eigenvalue weighted by molar-refractivity contribution is 7.89. The van der Waals surface area contributed by atoms with Crippen LogP contribution < -0.4 is 5.73 Å². The van der Waals surface area contributed by atoms with Crippen molar-refractivity contribution in [3.63, 3.8) is 0 Å². The van der Waals surface area contributed by atoms with E-state index >= 15 is 0 Å². The first-order valence-electron chi connectivity index (χ1n) is 7.15. The molecule has 2 aromatic rings. The van der Waals surface area contributed by atoms with E-state index in [1.807, 2.05) is 30.3 Å². The summed E-state index contributed by atoms with van der Waals surface area (Å²) in [5.74, 6) is -0.0272. The van der Waals surface area contributed by atoms with E-state index < -0.39 is 10.0 Å². The second-order valence-electron chi connectivity index (χ2n) is 5.61. The Labute approximate surface area is 158 Å². The fourth-order valence-corrected chi connectivity index (χ4v) is 5.10. The standard InChI is InChI=1S/C16H16Cl2N2O2S.ClH/c17-12-6-13(18)8-14(7-12)23(21,22)20-9-15(16(19)10-20)11-4-2-1-3-5-11;/h1-8,15-16H,9-10,19H2;1H/t15-,16+;/m0./s1. The maximum absolute atomic E-state index is 12.8. The molecule has 0 aromatic heterocycles. The quantitative estimate of drug-likeness (QED) is 0.846. The summed E-state index contributed by atoms with van der Waals surface area (Å²) in [5.41, 5.74) is 7.22. The highest BCUT2D eigenvalue weighted by Crippen LogP contribution is 2.32. The van der Waals surface area contributed by atoms with Gasteiger partial charge in [0.25, 0.3) is 0 Å². The van der Waals surface area contributed by atoms with Crippen molar-refractivity contribution in [1.82, 2.24) is 4.31 Å². The van der Waals surface area contributed by atoms with Gasteiger partial charge in [-0.15, -0.1) is 12.4 Å². The third-order valence-corrected chi connectivity index (χ3v) is 6.28. The zero-order valence-electron chi connectivity index (χ0n) is 12.6. The molecule has 0 unspecified atom stereocenters. The third kappa shape index (κ3) is 3.87. The highest BCUT2D eigenvalue weighted by atomic mass is 35.5. The van der Waals surface area contributed by atoms with Gasteiger partial charge < -0.3 is 5.73 Å². The zero-order chi connectivity index (χ0) is 16.6. The number of hydrogen-bond donors (Lipinski definition) is 1. The van der Waals surface area contributed by atoms with Crippen LogP contribution >= 0.6 is 35.6 Å². The zero-order valence-corrected chi connectivity index (χ0v) is 15.7. The van der Waals surface area contributed by atoms with Crippen molar-refractivity contribution in [3.05, 3.63) is 64.1 Å². The summed E-state index contributed by atoms with van der Waals surface area (Å²) in [7, 11) is -3.67. The van der Waals surface area contributed by atoms with Crippen LogP contribution in [0.4, 0.5) is 0 Å². The first kappa shape index (κ1) is 19.5. The minimum Gasteiger partial charge on any atom is -0.326 e. The molecule has 0 amide bonds. The number of benzene rings is 2. The largest absolute Gasteiger partial charge is 0.326 e. The van der Waals surface area contributed by atoms with E-state index in [0.29, 0.717) is 16.6 Å². The van der Waals surface area contributed by atoms with Crippen LogP contribution in [0.5, 0.6) is 0 Å². The molecular formula is C16H17Cl3N2O2S. The van der Waals surface area contributed by atoms with Crippen molar-refractivity contribution in [1.29, 1.82) is 0 Å². The summed E-state index contributed by atoms with van der Waals surface area (Å²) < 4.78 is 27.0. The van der Waals surface area contributed by atoms with Gasteiger partial charge in [-0.1, -0.05) is 53.5 Å². The summed E-state index contributed by atoms with van der Waals surface area (Å²) >= 11 is 11.8. The highest BCUT2D eigenvalue weighted by Gasteiger charge is 2.38. The molecular weight excluding hydrogens is 391 g/mol. The molecule has 1 saturated heterocycles. The van der Waals surface area contributed by atoms with Crippen LogP contribution in [0.25, 0.3) is 0 Å². The monoisotopic (exact) mass is 406 g/mol. The van der Waals surface area contributed by atoms with Gasteiger partial charge in [-0.3, -0.25) is 0 Å². The van der Waals surface area contributed by atoms with E-state index in [-0.39, 0.29) is 35.8 Å². The van der Waals surface area contributed by atoms with Gasteiger partial charge in [0.15, 0.2) is 0 Å². The van der Waals surface area contributed by atoms with Gasteiger partial charge in [-0.25, -0.2) is 8.42 Å². The summed E-state index contributed by atoms with van der Waals surface area (Å²) in [6, 6.07) is 13.8. The van der Waals surface area contributed by atoms with Gasteiger partial charge >= 0.3 is 0 Å². The van der Waals surface area contributed by atoms with Crippen LogP contribution in [0.2, 0.25) is 10.0 Å². The van der Waals surface area contributed by atoms with Crippen molar-refractivity contribution in [2.45, 2.75) is 16.9 Å². The van der Waals surface area contributed by atoms with Crippen molar-refractivity contribution >= 4 is 45.6 Å². The average Bonchev–Trinajstić information content (AvgIpc) is 2.90. The Morgan fingerprint density at radius 1 is 1.00 bits per heavy atom. The van der Waals surface area contributed by atoms with Crippen LogP contribution in [0.3, 0.4) is 0 Å². The molecule has 2 N–H and O–H groups in total. The fourth-order valence-electron chi connectivity index (χ4n) is 2.87. The molecule has 1 fully saturated rings. The molecule has 0 aliphatic carbocycles. The van der Waals surface area contributed by atoms with Crippen LogP contribution in [0, 0.1) is 0 Å². The van der Waals surface area contributed by atoms with Crippen LogP contribution in [-0.2, 0) is 10.0 Å². The summed E-state index contributed by atoms with van der Waals surface area (Å²) in [6.07, 6.45) is 0. The molecule has 0 radical (unpaired) electrons. The summed E-state index contributed by atoms with van der Waals surface area (Å²) in [6.45, 7) is 0.615. The normalized spacial score (nSPS) is 21.5. The predicted molar refractivity (Wildman–Crippen MR) is 99.6 cm³/mol. The van der Waals surface area contributed by atoms with E-state index in [0.717, 1.165) is 5.56 Å². The van der Waals surface area contributed by atoms with E-state index in [2.05, 4.69) is 0 Å². The number of rotatable bonds is 3. The molecule has 1 aliphatic rings. The number of hydrogen-bond acceptors (Lipinski definition) is 3. The molecule has 0 saturated carbocycles. The Balaban J connectivity index is 0.00000208. The Morgan fingerprint density at radius 3 is 2.17 bits per heavy atom. The number of nitrogens with zero attached hydrogens (tertiary/aromatic N) is 1. The molecule has 4 nitrogen and oxygen atoms in total. The number of nitrogens with two attached hydrogens (primary N) is 1. The molecule has 0 bridgehead atoms. The van der Waals surface area contributed by atoms with Crippen molar-refractivity contribution in [3.8, 4) is 0 Å². The predicted octanol–water partition coefficient (Wildman–Crippen LogP) is 3.53. The third-order valence-electron chi connectivity index (χ3n) is 4.03. The summed E-state index contributed by atoms with van der Waals surface area (Å²) in [4.78, 5) is 0.0934. The number of sulfonamides is 1. The van der Waals surface area contributed by atoms with Crippen molar-refractivity contribution in [2.24, 2.45) is 5.73 Å². The van der Waals surface area contributed by atoms with Gasteiger partial charge in [-0.2, -0.15) is 4.31 Å². The van der Waals surface area contributed by atoms with Crippen molar-refractivity contribution < 1.29 is 8.42 Å². The minimum atomic E-state index is -3.67. The van der Waals surface area contributed by atoms with Gasteiger partial charge in [0.1, 0.15) is 0 Å². The minimum absolute atomic E-state index is 0. The Bertz CT molecular complexity index is 795. The van der Waals surface area contributed by atoms with Crippen LogP contribution in [-0.4, -0.2) is 31.9 Å². The van der Waals surface area contributed by atoms with Gasteiger partial charge in [0, 0.05) is 35.1 Å². The summed E-state index contributed by atoms with van der Waals surface area (Å²) in [5, 5.41) is 0.582. The lowest BCUT2D eigenvalue weighted by molar-refractivity contribution is 0.470. The maximum Gasteiger partial charge on any atom is 0.243 e. The molecule has 8 heteroatoms. The first-order chi connectivity index (χ1) is 10.9. The SMILES string of the molecule is Cl.N[C@@H]1CN(S(=O)(=O)c2cc(Cl)cc(Cl)c2)C[C@H]1c1ccccc1. The second-order valence-corrected chi connectivity index (χ2v) is 8.42. The molecule has 1 aliphatic heterocycles. The maximum atomic E-state index is 12.8. The Kier molecular flexibility index (Phi) is 6.18. The van der Waals surface area contributed by atoms with Crippen molar-refractivity contribution in [2.75, 3.05) is 13.1 Å². The topological polar surface area (TPSA) is 63.4 Å². The van der Waals surface area contributed by atoms with Crippen LogP contribution in [0.1, 0.15) is 11.5 Å². The molecule has 130 valence electrons. The Morgan fingerprint density at radius 2 is 1.58 bits per heavy atom. The van der Waals surface area contributed by atoms with E-state index in [9.17, 15) is 8.42 Å². The smallest absolute Gasteiger partial charge is 0.243 e. The van der Waals surface area contributed by atoms with E-state index in [1.165, 1.54) is 22.5 Å². The lowest BCUT2D eigenvalue weighted by atomic mass is 9.95. The Hall–Kier alpha value is -0.820. The van der Waals surface area contributed by atoms with Gasteiger partial charge in [0.2, 0.25) is 10.0 Å². The molecule has 2 aromatic carbocycles. The molecule has 0 spiro atoms. The molecule has 1 heterocycles. The van der Waals surface area contributed by atoms with E-state index in [1.54, 1.807) is 0 Å². The molecule has 24 heavy (non-hydrogen) atoms. The van der Waals surface area contributed by atoms with Gasteiger partial charge in [-0.05, 0) is 23.8 Å².